The van der Waals surface area contributed by atoms with Crippen LogP contribution in [0.5, 0.6) is 11.5 Å². The molecular weight excluding hydrogens is 919 g/mol. The van der Waals surface area contributed by atoms with E-state index in [9.17, 15) is 10.0 Å². The molecule has 58 heavy (non-hydrogen) atoms. The van der Waals surface area contributed by atoms with Gasteiger partial charge in [-0.15, -0.1) is 0 Å². The van der Waals surface area contributed by atoms with Crippen molar-refractivity contribution in [1.82, 2.24) is 9.97 Å². The lowest BCUT2D eigenvalue weighted by molar-refractivity contribution is 0.390. The summed E-state index contributed by atoms with van der Waals surface area (Å²) in [5, 5.41) is 21.4. The average molecular weight is 978 g/mol. The number of methoxy groups -OCH3 is 2. The third-order valence-electron chi connectivity index (χ3n) is 9.83. The molecule has 0 saturated heterocycles. The van der Waals surface area contributed by atoms with Crippen molar-refractivity contribution in [2.75, 3.05) is 14.2 Å². The lowest BCUT2D eigenvalue weighted by Crippen LogP contribution is -2.35. The molecule has 0 bridgehead atoms. The largest absolute Gasteiger partial charge is 0.497 e. The summed E-state index contributed by atoms with van der Waals surface area (Å²) in [6.07, 6.45) is 0. The van der Waals surface area contributed by atoms with Gasteiger partial charge in [0, 0.05) is 36.3 Å². The number of benzene rings is 4. The third-order valence-corrected chi connectivity index (χ3v) is 11.5. The van der Waals surface area contributed by atoms with Crippen LogP contribution in [0.1, 0.15) is 105 Å². The van der Waals surface area contributed by atoms with Crippen molar-refractivity contribution in [1.29, 1.82) is 0 Å². The summed E-state index contributed by atoms with van der Waals surface area (Å²) < 4.78 is 14.2. The molecule has 2 heterocycles. The Balaban J connectivity index is 0.000000208. The highest BCUT2D eigenvalue weighted by Crippen LogP contribution is 2.43. The van der Waals surface area contributed by atoms with E-state index in [0.29, 0.717) is 11.2 Å². The molecule has 2 aromatic heterocycles. The van der Waals surface area contributed by atoms with Crippen LogP contribution < -0.4 is 14.9 Å². The molecule has 0 amide bonds. The van der Waals surface area contributed by atoms with E-state index in [1.807, 2.05) is 48.5 Å². The smallest absolute Gasteiger partial charge is 0.492 e. The highest BCUT2D eigenvalue weighted by molar-refractivity contribution is 9.11. The predicted molar refractivity (Wildman–Crippen MR) is 256 cm³/mol. The van der Waals surface area contributed by atoms with Gasteiger partial charge in [-0.2, -0.15) is 0 Å². The van der Waals surface area contributed by atoms with Gasteiger partial charge in [0.25, 0.3) is 0 Å². The average Bonchev–Trinajstić information content (AvgIpc) is 3.13. The molecule has 4 aromatic carbocycles. The first kappa shape index (κ1) is 47.4. The zero-order chi connectivity index (χ0) is 43.5. The second-order valence-electron chi connectivity index (χ2n) is 18.6. The van der Waals surface area contributed by atoms with Crippen LogP contribution in [0.15, 0.2) is 98.5 Å². The van der Waals surface area contributed by atoms with Crippen molar-refractivity contribution in [3.8, 4) is 22.8 Å². The maximum absolute atomic E-state index is 9.59. The third kappa shape index (κ3) is 11.5. The highest BCUT2D eigenvalue weighted by Gasteiger charge is 2.30. The fourth-order valence-corrected chi connectivity index (χ4v) is 7.69. The standard InChI is InChI=1S/C24H28BrNO.C15H25BO3.C9H5Br2N/c1-23(2,3)16-13-17(22(27-7)18(14-16)24(4,5)6)20-12-11-15-9-8-10-19(25)21(15)26-20;1-14(2,3)10-8-11(15(4,5)6)13(19-7)12(9-10)16(17)18;10-7-3-1-2-6-4-5-8(11)12-9(6)7/h8-14H,1-7H3;8-9,17-18H,1-7H3;1-5H. The SMILES string of the molecule is Brc1ccc2cccc(Br)c2n1.COc1c(-c2ccc3cccc(Br)c3n2)cc(C(C)(C)C)cc1C(C)(C)C.COc1c(B(O)O)cc(C(C)(C)C)cc1C(C)(C)C. The van der Waals surface area contributed by atoms with Gasteiger partial charge in [0.05, 0.1) is 30.9 Å². The molecule has 0 unspecified atom stereocenters. The van der Waals surface area contributed by atoms with E-state index in [2.05, 4.69) is 172 Å². The van der Waals surface area contributed by atoms with Crippen LogP contribution in [0.3, 0.4) is 0 Å². The molecule has 0 saturated carbocycles. The molecule has 6 aromatic rings. The van der Waals surface area contributed by atoms with Gasteiger partial charge < -0.3 is 19.5 Å². The first-order valence-corrected chi connectivity index (χ1v) is 21.7. The van der Waals surface area contributed by atoms with Crippen molar-refractivity contribution in [3.63, 3.8) is 0 Å². The van der Waals surface area contributed by atoms with Crippen LogP contribution in [0.4, 0.5) is 0 Å². The molecule has 0 atom stereocenters. The van der Waals surface area contributed by atoms with Crippen molar-refractivity contribution in [2.45, 2.75) is 105 Å². The minimum atomic E-state index is -1.53. The second-order valence-corrected chi connectivity index (χ2v) is 21.1. The van der Waals surface area contributed by atoms with Crippen molar-refractivity contribution < 1.29 is 19.5 Å². The fourth-order valence-electron chi connectivity index (χ4n) is 6.44. The molecule has 0 aliphatic heterocycles. The number of nitrogens with zero attached hydrogens (tertiary/aromatic N) is 2. The van der Waals surface area contributed by atoms with Crippen molar-refractivity contribution in [3.05, 3.63) is 121 Å². The van der Waals surface area contributed by atoms with Gasteiger partial charge in [-0.3, -0.25) is 0 Å². The van der Waals surface area contributed by atoms with Gasteiger partial charge in [-0.05, 0) is 116 Å². The van der Waals surface area contributed by atoms with Crippen LogP contribution in [0, 0.1) is 0 Å². The summed E-state index contributed by atoms with van der Waals surface area (Å²) in [7, 11) is 1.79. The van der Waals surface area contributed by atoms with E-state index >= 15 is 0 Å². The summed E-state index contributed by atoms with van der Waals surface area (Å²) >= 11 is 10.4. The number of ether oxygens (including phenoxy) is 2. The summed E-state index contributed by atoms with van der Waals surface area (Å²) in [6, 6.07) is 28.8. The molecule has 10 heteroatoms. The number of para-hydroxylation sites is 2. The quantitative estimate of drug-likeness (QED) is 0.135. The Bertz CT molecular complexity index is 2390. The topological polar surface area (TPSA) is 84.7 Å². The zero-order valence-electron chi connectivity index (χ0n) is 36.4. The lowest BCUT2D eigenvalue weighted by atomic mass is 9.71. The van der Waals surface area contributed by atoms with Crippen molar-refractivity contribution in [2.24, 2.45) is 0 Å². The molecule has 2 N–H and O–H groups in total. The van der Waals surface area contributed by atoms with Gasteiger partial charge in [0.2, 0.25) is 0 Å². The summed E-state index contributed by atoms with van der Waals surface area (Å²) in [4.78, 5) is 9.32. The van der Waals surface area contributed by atoms with Crippen LogP contribution in [0.2, 0.25) is 0 Å². The summed E-state index contributed by atoms with van der Waals surface area (Å²) in [5.41, 5.74) is 8.76. The molecular formula is C48H58BBr3N2O4. The zero-order valence-corrected chi connectivity index (χ0v) is 41.2. The van der Waals surface area contributed by atoms with E-state index in [-0.39, 0.29) is 21.7 Å². The number of hydrogen-bond acceptors (Lipinski definition) is 6. The van der Waals surface area contributed by atoms with Crippen molar-refractivity contribution >= 4 is 82.2 Å². The molecule has 308 valence electrons. The summed E-state index contributed by atoms with van der Waals surface area (Å²) in [6.45, 7) is 26.0. The molecule has 6 rings (SSSR count). The van der Waals surface area contributed by atoms with E-state index in [1.54, 1.807) is 14.2 Å². The second kappa shape index (κ2) is 18.6. The molecule has 0 aliphatic carbocycles. The Kier molecular flexibility index (Phi) is 15.2. The van der Waals surface area contributed by atoms with Gasteiger partial charge in [0.15, 0.2) is 0 Å². The van der Waals surface area contributed by atoms with Gasteiger partial charge in [-0.1, -0.05) is 138 Å². The number of pyridine rings is 2. The minimum absolute atomic E-state index is 0.0290. The normalized spacial score (nSPS) is 12.1. The number of hydrogen-bond donors (Lipinski definition) is 2. The number of halogens is 3. The number of aromatic nitrogens is 2. The van der Waals surface area contributed by atoms with Crippen LogP contribution >= 0.6 is 47.8 Å². The van der Waals surface area contributed by atoms with E-state index in [0.717, 1.165) is 63.5 Å². The maximum Gasteiger partial charge on any atom is 0.492 e. The van der Waals surface area contributed by atoms with Crippen LogP contribution in [-0.4, -0.2) is 41.4 Å². The first-order valence-electron chi connectivity index (χ1n) is 19.4. The van der Waals surface area contributed by atoms with E-state index in [4.69, 9.17) is 14.5 Å². The Morgan fingerprint density at radius 1 is 0.517 bits per heavy atom. The van der Waals surface area contributed by atoms with Gasteiger partial charge >= 0.3 is 7.12 Å². The number of fused-ring (bicyclic) bond motifs is 2. The Hall–Kier alpha value is -3.28. The minimum Gasteiger partial charge on any atom is -0.497 e. The molecule has 0 radical (unpaired) electrons. The van der Waals surface area contributed by atoms with Crippen LogP contribution in [0.25, 0.3) is 33.1 Å². The molecule has 6 nitrogen and oxygen atoms in total. The Morgan fingerprint density at radius 2 is 0.966 bits per heavy atom. The fraction of sp³-hybridized carbons (Fsp3) is 0.375. The molecule has 0 spiro atoms. The number of rotatable bonds is 4. The predicted octanol–water partition coefficient (Wildman–Crippen LogP) is 13.0. The molecule has 0 aliphatic rings. The van der Waals surface area contributed by atoms with Crippen LogP contribution in [-0.2, 0) is 21.7 Å². The van der Waals surface area contributed by atoms with Gasteiger partial charge in [-0.25, -0.2) is 9.97 Å². The first-order chi connectivity index (χ1) is 26.8. The highest BCUT2D eigenvalue weighted by atomic mass is 79.9. The lowest BCUT2D eigenvalue weighted by Gasteiger charge is -2.28. The maximum atomic E-state index is 9.59. The summed E-state index contributed by atoms with van der Waals surface area (Å²) in [5.74, 6) is 1.48. The van der Waals surface area contributed by atoms with Gasteiger partial charge in [0.1, 0.15) is 16.1 Å². The van der Waals surface area contributed by atoms with E-state index < -0.39 is 7.12 Å². The molecule has 0 fully saturated rings. The Labute approximate surface area is 371 Å². The monoisotopic (exact) mass is 974 g/mol. The van der Waals surface area contributed by atoms with E-state index in [1.165, 1.54) is 11.1 Å². The Morgan fingerprint density at radius 3 is 1.41 bits per heavy atom.